The molecular weight excluding hydrogens is 349 g/mol. The Bertz CT molecular complexity index is 672. The van der Waals surface area contributed by atoms with E-state index < -0.39 is 30.8 Å². The number of hydrogen-bond acceptors (Lipinski definition) is 4. The number of ether oxygens (including phenoxy) is 1. The number of rotatable bonds is 4. The van der Waals surface area contributed by atoms with Crippen LogP contribution < -0.4 is 4.74 Å². The standard InChI is InChI=1S/C18H21F3N2O3/c19-18(20,21)17(25)11-15(13-7-3-1-4-8-13)22-23(17)16(24)12-26-14-9-5-2-6-10-14/h2,5-6,9-10,13,25H,1,3-4,7-8,11-12H2/t17-/m0/s1. The van der Waals surface area contributed by atoms with Crippen LogP contribution in [-0.2, 0) is 4.79 Å². The van der Waals surface area contributed by atoms with Gasteiger partial charge in [-0.1, -0.05) is 37.5 Å². The second kappa shape index (κ2) is 7.26. The van der Waals surface area contributed by atoms with Crippen LogP contribution in [0.2, 0.25) is 0 Å². The van der Waals surface area contributed by atoms with Crippen LogP contribution in [0.25, 0.3) is 0 Å². The molecule has 1 aliphatic heterocycles. The van der Waals surface area contributed by atoms with Gasteiger partial charge in [0.15, 0.2) is 6.61 Å². The minimum absolute atomic E-state index is 0.120. The van der Waals surface area contributed by atoms with Crippen molar-refractivity contribution in [3.05, 3.63) is 30.3 Å². The number of para-hydroxylation sites is 1. The van der Waals surface area contributed by atoms with Crippen molar-refractivity contribution in [1.82, 2.24) is 5.01 Å². The smallest absolute Gasteiger partial charge is 0.438 e. The van der Waals surface area contributed by atoms with E-state index in [0.29, 0.717) is 5.75 Å². The van der Waals surface area contributed by atoms with Crippen molar-refractivity contribution in [2.24, 2.45) is 11.0 Å². The maximum Gasteiger partial charge on any atom is 0.438 e. The van der Waals surface area contributed by atoms with Crippen molar-refractivity contribution in [1.29, 1.82) is 0 Å². The lowest BCUT2D eigenvalue weighted by molar-refractivity contribution is -0.302. The fourth-order valence-electron chi connectivity index (χ4n) is 3.44. The van der Waals surface area contributed by atoms with Gasteiger partial charge in [0.05, 0.1) is 0 Å². The fourth-order valence-corrected chi connectivity index (χ4v) is 3.44. The molecule has 0 aromatic heterocycles. The van der Waals surface area contributed by atoms with E-state index >= 15 is 0 Å². The summed E-state index contributed by atoms with van der Waals surface area (Å²) in [4.78, 5) is 12.3. The van der Waals surface area contributed by atoms with Crippen molar-refractivity contribution in [2.75, 3.05) is 6.61 Å². The number of hydrazone groups is 1. The highest BCUT2D eigenvalue weighted by molar-refractivity contribution is 5.92. The van der Waals surface area contributed by atoms with Crippen LogP contribution in [-0.4, -0.2) is 40.2 Å². The topological polar surface area (TPSA) is 62.1 Å². The van der Waals surface area contributed by atoms with Gasteiger partial charge in [-0.2, -0.15) is 23.3 Å². The molecular formula is C18H21F3N2O3. The van der Waals surface area contributed by atoms with Crippen molar-refractivity contribution < 1.29 is 27.8 Å². The number of aliphatic hydroxyl groups is 1. The molecule has 0 radical (unpaired) electrons. The van der Waals surface area contributed by atoms with Crippen molar-refractivity contribution >= 4 is 11.6 Å². The Morgan fingerprint density at radius 3 is 2.50 bits per heavy atom. The quantitative estimate of drug-likeness (QED) is 0.883. The van der Waals surface area contributed by atoms with E-state index in [1.807, 2.05) is 0 Å². The Labute approximate surface area is 149 Å². The normalized spacial score (nSPS) is 24.5. The number of carbonyl (C=O) groups excluding carboxylic acids is 1. The van der Waals surface area contributed by atoms with E-state index in [-0.39, 0.29) is 16.6 Å². The molecule has 1 aliphatic carbocycles. The van der Waals surface area contributed by atoms with Gasteiger partial charge in [-0.05, 0) is 30.9 Å². The molecule has 0 bridgehead atoms. The summed E-state index contributed by atoms with van der Waals surface area (Å²) in [6.07, 6.45) is -1.36. The number of halogens is 3. The summed E-state index contributed by atoms with van der Waals surface area (Å²) in [5.41, 5.74) is -3.06. The molecule has 8 heteroatoms. The van der Waals surface area contributed by atoms with E-state index in [1.165, 1.54) is 0 Å². The zero-order chi connectivity index (χ0) is 18.8. The van der Waals surface area contributed by atoms with Crippen molar-refractivity contribution in [3.8, 4) is 5.75 Å². The predicted molar refractivity (Wildman–Crippen MR) is 88.4 cm³/mol. The summed E-state index contributed by atoms with van der Waals surface area (Å²) in [5, 5.41) is 14.3. The zero-order valence-electron chi connectivity index (χ0n) is 14.2. The van der Waals surface area contributed by atoms with Gasteiger partial charge in [0.1, 0.15) is 5.75 Å². The lowest BCUT2D eigenvalue weighted by atomic mass is 9.83. The predicted octanol–water partition coefficient (Wildman–Crippen LogP) is 3.48. The highest BCUT2D eigenvalue weighted by Crippen LogP contribution is 2.43. The molecule has 1 aromatic carbocycles. The average Bonchev–Trinajstić information content (AvgIpc) is 3.00. The second-order valence-corrected chi connectivity index (χ2v) is 6.72. The van der Waals surface area contributed by atoms with Gasteiger partial charge in [-0.25, -0.2) is 0 Å². The molecule has 1 heterocycles. The van der Waals surface area contributed by atoms with Gasteiger partial charge in [-0.15, -0.1) is 0 Å². The van der Waals surface area contributed by atoms with Crippen LogP contribution in [0.3, 0.4) is 0 Å². The molecule has 1 aromatic rings. The van der Waals surface area contributed by atoms with Gasteiger partial charge >= 0.3 is 6.18 Å². The SMILES string of the molecule is O=C(COc1ccccc1)N1N=C(C2CCCCC2)C[C@]1(O)C(F)(F)F. The minimum Gasteiger partial charge on any atom is -0.484 e. The minimum atomic E-state index is -5.00. The number of amides is 1. The third-order valence-electron chi connectivity index (χ3n) is 4.88. The first-order chi connectivity index (χ1) is 12.3. The molecule has 1 amide bonds. The highest BCUT2D eigenvalue weighted by Gasteiger charge is 2.63. The molecule has 0 spiro atoms. The lowest BCUT2D eigenvalue weighted by Crippen LogP contribution is -2.57. The maximum atomic E-state index is 13.5. The van der Waals surface area contributed by atoms with Crippen LogP contribution in [0.4, 0.5) is 13.2 Å². The molecule has 0 saturated heterocycles. The molecule has 1 saturated carbocycles. The number of carbonyl (C=O) groups is 1. The zero-order valence-corrected chi connectivity index (χ0v) is 14.2. The monoisotopic (exact) mass is 370 g/mol. The second-order valence-electron chi connectivity index (χ2n) is 6.72. The van der Waals surface area contributed by atoms with E-state index in [4.69, 9.17) is 4.74 Å². The maximum absolute atomic E-state index is 13.5. The molecule has 3 rings (SSSR count). The number of alkyl halides is 3. The Hall–Kier alpha value is -2.09. The first-order valence-corrected chi connectivity index (χ1v) is 8.68. The molecule has 26 heavy (non-hydrogen) atoms. The summed E-state index contributed by atoms with van der Waals surface area (Å²) >= 11 is 0. The molecule has 142 valence electrons. The summed E-state index contributed by atoms with van der Waals surface area (Å²) in [7, 11) is 0. The van der Waals surface area contributed by atoms with Crippen LogP contribution in [0.15, 0.2) is 35.4 Å². The van der Waals surface area contributed by atoms with Crippen molar-refractivity contribution in [2.45, 2.75) is 50.4 Å². The van der Waals surface area contributed by atoms with Crippen LogP contribution in [0.1, 0.15) is 38.5 Å². The summed E-state index contributed by atoms with van der Waals surface area (Å²) in [5.74, 6) is -0.794. The molecule has 5 nitrogen and oxygen atoms in total. The van der Waals surface area contributed by atoms with Crippen LogP contribution in [0, 0.1) is 5.92 Å². The van der Waals surface area contributed by atoms with Crippen LogP contribution >= 0.6 is 0 Å². The Morgan fingerprint density at radius 2 is 1.88 bits per heavy atom. The lowest BCUT2D eigenvalue weighted by Gasteiger charge is -2.32. The Morgan fingerprint density at radius 1 is 1.23 bits per heavy atom. The van der Waals surface area contributed by atoms with E-state index in [2.05, 4.69) is 5.10 Å². The fraction of sp³-hybridized carbons (Fsp3) is 0.556. The van der Waals surface area contributed by atoms with Gasteiger partial charge in [0.25, 0.3) is 11.6 Å². The third-order valence-corrected chi connectivity index (χ3v) is 4.88. The van der Waals surface area contributed by atoms with Crippen LogP contribution in [0.5, 0.6) is 5.75 Å². The first kappa shape index (κ1) is 18.7. The molecule has 2 aliphatic rings. The number of hydrogen-bond donors (Lipinski definition) is 1. The number of benzene rings is 1. The van der Waals surface area contributed by atoms with E-state index in [1.54, 1.807) is 30.3 Å². The molecule has 0 unspecified atom stereocenters. The van der Waals surface area contributed by atoms with E-state index in [9.17, 15) is 23.1 Å². The Balaban J connectivity index is 1.77. The molecule has 1 fully saturated rings. The first-order valence-electron chi connectivity index (χ1n) is 8.68. The van der Waals surface area contributed by atoms with Gasteiger partial charge < -0.3 is 9.84 Å². The van der Waals surface area contributed by atoms with Crippen molar-refractivity contribution in [3.63, 3.8) is 0 Å². The highest BCUT2D eigenvalue weighted by atomic mass is 19.4. The Kier molecular flexibility index (Phi) is 5.22. The largest absolute Gasteiger partial charge is 0.484 e. The van der Waals surface area contributed by atoms with Gasteiger partial charge in [0.2, 0.25) is 0 Å². The summed E-state index contributed by atoms with van der Waals surface area (Å²) < 4.78 is 45.7. The average molecular weight is 370 g/mol. The summed E-state index contributed by atoms with van der Waals surface area (Å²) in [6, 6.07) is 8.29. The molecule has 1 N–H and O–H groups in total. The van der Waals surface area contributed by atoms with E-state index in [0.717, 1.165) is 32.1 Å². The van der Waals surface area contributed by atoms with Gasteiger partial charge in [-0.3, -0.25) is 4.79 Å². The number of nitrogens with zero attached hydrogens (tertiary/aromatic N) is 2. The summed E-state index contributed by atoms with van der Waals surface area (Å²) in [6.45, 7) is -0.635. The third kappa shape index (κ3) is 3.70. The van der Waals surface area contributed by atoms with Gasteiger partial charge in [0, 0.05) is 12.1 Å². The molecule has 1 atom stereocenters.